The zero-order valence-corrected chi connectivity index (χ0v) is 15.8. The molecular formula is C23H24ClNO. The van der Waals surface area contributed by atoms with Crippen LogP contribution in [-0.4, -0.2) is 23.9 Å². The average Bonchev–Trinajstić information content (AvgIpc) is 3.38. The largest absolute Gasteiger partial charge is 0.341 e. The summed E-state index contributed by atoms with van der Waals surface area (Å²) in [5, 5.41) is 0.732. The van der Waals surface area contributed by atoms with Crippen LogP contribution in [0.1, 0.15) is 48.8 Å². The third kappa shape index (κ3) is 2.42. The summed E-state index contributed by atoms with van der Waals surface area (Å²) < 4.78 is 0. The molecule has 2 aromatic carbocycles. The van der Waals surface area contributed by atoms with Gasteiger partial charge in [0.05, 0.1) is 5.41 Å². The Morgan fingerprint density at radius 2 is 1.73 bits per heavy atom. The smallest absolute Gasteiger partial charge is 0.233 e. The van der Waals surface area contributed by atoms with Gasteiger partial charge in [0, 0.05) is 23.5 Å². The van der Waals surface area contributed by atoms with Crippen molar-refractivity contribution in [3.05, 3.63) is 70.2 Å². The fourth-order valence-electron chi connectivity index (χ4n) is 5.30. The van der Waals surface area contributed by atoms with E-state index in [1.54, 1.807) is 0 Å². The highest BCUT2D eigenvalue weighted by Gasteiger charge is 2.55. The number of hydrogen-bond acceptors (Lipinski definition) is 1. The van der Waals surface area contributed by atoms with Crippen molar-refractivity contribution >= 4 is 17.5 Å². The fourth-order valence-corrected chi connectivity index (χ4v) is 5.43. The quantitative estimate of drug-likeness (QED) is 0.742. The second-order valence-electron chi connectivity index (χ2n) is 8.36. The van der Waals surface area contributed by atoms with Gasteiger partial charge in [0.25, 0.3) is 0 Å². The van der Waals surface area contributed by atoms with Crippen LogP contribution in [0.25, 0.3) is 0 Å². The molecule has 0 aromatic heterocycles. The molecule has 2 aliphatic carbocycles. The Morgan fingerprint density at radius 1 is 0.962 bits per heavy atom. The molecule has 5 rings (SSSR count). The SMILES string of the molecule is O=C(N1CCC2(CCCc3ccccc32)C1)C1(c2ccc(Cl)cc2)CC1. The van der Waals surface area contributed by atoms with Crippen molar-refractivity contribution in [1.29, 1.82) is 0 Å². The second kappa shape index (κ2) is 5.85. The van der Waals surface area contributed by atoms with Crippen LogP contribution >= 0.6 is 11.6 Å². The van der Waals surface area contributed by atoms with E-state index in [4.69, 9.17) is 11.6 Å². The predicted molar refractivity (Wildman–Crippen MR) is 105 cm³/mol. The van der Waals surface area contributed by atoms with E-state index in [1.165, 1.54) is 30.4 Å². The average molecular weight is 366 g/mol. The molecule has 1 saturated carbocycles. The van der Waals surface area contributed by atoms with E-state index in [0.717, 1.165) is 42.9 Å². The van der Waals surface area contributed by atoms with Gasteiger partial charge >= 0.3 is 0 Å². The van der Waals surface area contributed by atoms with Crippen molar-refractivity contribution in [2.75, 3.05) is 13.1 Å². The Labute approximate surface area is 160 Å². The lowest BCUT2D eigenvalue weighted by Crippen LogP contribution is -2.41. The summed E-state index contributed by atoms with van der Waals surface area (Å²) in [6, 6.07) is 16.8. The second-order valence-corrected chi connectivity index (χ2v) is 8.79. The number of hydrogen-bond donors (Lipinski definition) is 0. The Kier molecular flexibility index (Phi) is 3.69. The zero-order chi connectivity index (χ0) is 17.8. The number of halogens is 1. The lowest BCUT2D eigenvalue weighted by atomic mass is 9.69. The van der Waals surface area contributed by atoms with Crippen LogP contribution in [0.3, 0.4) is 0 Å². The molecule has 1 heterocycles. The van der Waals surface area contributed by atoms with Gasteiger partial charge in [-0.15, -0.1) is 0 Å². The van der Waals surface area contributed by atoms with Crippen LogP contribution in [0.4, 0.5) is 0 Å². The van der Waals surface area contributed by atoms with Crippen molar-refractivity contribution in [3.63, 3.8) is 0 Å². The summed E-state index contributed by atoms with van der Waals surface area (Å²) in [4.78, 5) is 15.6. The molecular weight excluding hydrogens is 342 g/mol. The van der Waals surface area contributed by atoms with Crippen LogP contribution in [0.2, 0.25) is 5.02 Å². The molecule has 0 radical (unpaired) electrons. The highest BCUT2D eigenvalue weighted by Crippen LogP contribution is 2.52. The van der Waals surface area contributed by atoms with E-state index in [-0.39, 0.29) is 10.8 Å². The summed E-state index contributed by atoms with van der Waals surface area (Å²) in [5.41, 5.74) is 4.02. The molecule has 1 saturated heterocycles. The van der Waals surface area contributed by atoms with E-state index in [1.807, 2.05) is 24.3 Å². The molecule has 1 aliphatic heterocycles. The van der Waals surface area contributed by atoms with Crippen molar-refractivity contribution < 1.29 is 4.79 Å². The molecule has 0 N–H and O–H groups in total. The maximum absolute atomic E-state index is 13.4. The minimum absolute atomic E-state index is 0.181. The van der Waals surface area contributed by atoms with Crippen LogP contribution in [0.15, 0.2) is 48.5 Å². The molecule has 1 atom stereocenters. The van der Waals surface area contributed by atoms with Gasteiger partial charge in [0.2, 0.25) is 5.91 Å². The molecule has 2 fully saturated rings. The van der Waals surface area contributed by atoms with E-state index in [0.29, 0.717) is 5.91 Å². The number of likely N-dealkylation sites (tertiary alicyclic amines) is 1. The predicted octanol–water partition coefficient (Wildman–Crippen LogP) is 4.88. The minimum atomic E-state index is -0.287. The van der Waals surface area contributed by atoms with Crippen molar-refractivity contribution in [1.82, 2.24) is 4.90 Å². The monoisotopic (exact) mass is 365 g/mol. The molecule has 0 bridgehead atoms. The number of benzene rings is 2. The highest BCUT2D eigenvalue weighted by atomic mass is 35.5. The van der Waals surface area contributed by atoms with Gasteiger partial charge in [-0.25, -0.2) is 0 Å². The van der Waals surface area contributed by atoms with E-state index >= 15 is 0 Å². The molecule has 3 aliphatic rings. The van der Waals surface area contributed by atoms with Gasteiger partial charge in [-0.05, 0) is 67.3 Å². The number of rotatable bonds is 2. The normalized spacial score (nSPS) is 26.0. The first-order valence-electron chi connectivity index (χ1n) is 9.77. The first-order chi connectivity index (χ1) is 12.6. The van der Waals surface area contributed by atoms with Crippen LogP contribution in [-0.2, 0) is 22.0 Å². The van der Waals surface area contributed by atoms with Gasteiger partial charge in [0.1, 0.15) is 0 Å². The molecule has 1 amide bonds. The highest BCUT2D eigenvalue weighted by molar-refractivity contribution is 6.30. The first kappa shape index (κ1) is 16.4. The number of fused-ring (bicyclic) bond motifs is 2. The zero-order valence-electron chi connectivity index (χ0n) is 15.0. The van der Waals surface area contributed by atoms with Crippen molar-refractivity contribution in [2.24, 2.45) is 0 Å². The van der Waals surface area contributed by atoms with Gasteiger partial charge in [-0.1, -0.05) is 48.0 Å². The number of nitrogens with zero attached hydrogens (tertiary/aromatic N) is 1. The Morgan fingerprint density at radius 3 is 2.50 bits per heavy atom. The molecule has 2 nitrogen and oxygen atoms in total. The summed E-state index contributed by atoms with van der Waals surface area (Å²) in [6.07, 6.45) is 6.66. The molecule has 1 unspecified atom stereocenters. The fraction of sp³-hybridized carbons (Fsp3) is 0.435. The van der Waals surface area contributed by atoms with Gasteiger partial charge in [-0.3, -0.25) is 4.79 Å². The third-order valence-electron chi connectivity index (χ3n) is 6.89. The minimum Gasteiger partial charge on any atom is -0.341 e. The van der Waals surface area contributed by atoms with Crippen molar-refractivity contribution in [3.8, 4) is 0 Å². The first-order valence-corrected chi connectivity index (χ1v) is 10.1. The number of carbonyl (C=O) groups is 1. The Balaban J connectivity index is 1.42. The number of amides is 1. The topological polar surface area (TPSA) is 20.3 Å². The summed E-state index contributed by atoms with van der Waals surface area (Å²) >= 11 is 6.04. The standard InChI is InChI=1S/C23H24ClNO/c24-19-9-7-18(8-10-19)23(12-13-23)21(26)25-15-14-22(16-25)11-3-5-17-4-1-2-6-20(17)22/h1-2,4,6-10H,3,5,11-16H2. The summed E-state index contributed by atoms with van der Waals surface area (Å²) in [6.45, 7) is 1.78. The molecule has 26 heavy (non-hydrogen) atoms. The maximum Gasteiger partial charge on any atom is 0.233 e. The Bertz CT molecular complexity index is 855. The van der Waals surface area contributed by atoms with Crippen LogP contribution in [0, 0.1) is 0 Å². The van der Waals surface area contributed by atoms with Crippen LogP contribution in [0.5, 0.6) is 0 Å². The van der Waals surface area contributed by atoms with E-state index in [9.17, 15) is 4.79 Å². The lowest BCUT2D eigenvalue weighted by Gasteiger charge is -2.36. The molecule has 3 heteroatoms. The van der Waals surface area contributed by atoms with Crippen molar-refractivity contribution in [2.45, 2.75) is 49.4 Å². The number of aryl methyl sites for hydroxylation is 1. The molecule has 134 valence electrons. The lowest BCUT2D eigenvalue weighted by molar-refractivity contribution is -0.133. The summed E-state index contributed by atoms with van der Waals surface area (Å²) in [7, 11) is 0. The van der Waals surface area contributed by atoms with Gasteiger partial charge in [0.15, 0.2) is 0 Å². The van der Waals surface area contributed by atoms with Gasteiger partial charge < -0.3 is 4.90 Å². The van der Waals surface area contributed by atoms with Gasteiger partial charge in [-0.2, -0.15) is 0 Å². The molecule has 1 spiro atoms. The summed E-state index contributed by atoms with van der Waals surface area (Å²) in [5.74, 6) is 0.333. The van der Waals surface area contributed by atoms with Crippen LogP contribution < -0.4 is 0 Å². The van der Waals surface area contributed by atoms with E-state index in [2.05, 4.69) is 29.2 Å². The molecule has 2 aromatic rings. The van der Waals surface area contributed by atoms with E-state index < -0.39 is 0 Å². The number of carbonyl (C=O) groups excluding carboxylic acids is 1. The third-order valence-corrected chi connectivity index (χ3v) is 7.14. The Hall–Kier alpha value is -1.80. The maximum atomic E-state index is 13.4.